The van der Waals surface area contributed by atoms with Crippen molar-refractivity contribution in [2.75, 3.05) is 20.3 Å². The van der Waals surface area contributed by atoms with Crippen LogP contribution in [0.2, 0.25) is 0 Å². The number of benzene rings is 1. The Balaban J connectivity index is 2.86. The summed E-state index contributed by atoms with van der Waals surface area (Å²) in [5.41, 5.74) is 3.44. The van der Waals surface area contributed by atoms with Crippen molar-refractivity contribution in [2.45, 2.75) is 6.92 Å². The van der Waals surface area contributed by atoms with Gasteiger partial charge in [-0.15, -0.1) is 0 Å². The maximum Gasteiger partial charge on any atom is 0.341 e. The van der Waals surface area contributed by atoms with Gasteiger partial charge in [0.2, 0.25) is 0 Å². The van der Waals surface area contributed by atoms with E-state index in [1.165, 1.54) is 7.11 Å². The summed E-state index contributed by atoms with van der Waals surface area (Å²) in [4.78, 5) is 10.6. The van der Waals surface area contributed by atoms with Gasteiger partial charge in [-0.1, -0.05) is 0 Å². The van der Waals surface area contributed by atoms with Crippen LogP contribution in [0.25, 0.3) is 0 Å². The normalized spacial score (nSPS) is 10.3. The molecular weight excluding hydrogens is 421 g/mol. The molecule has 0 bridgehead atoms. The van der Waals surface area contributed by atoms with E-state index < -0.39 is 12.6 Å². The zero-order chi connectivity index (χ0) is 16.5. The summed E-state index contributed by atoms with van der Waals surface area (Å²) in [5.74, 6) is -0.229. The number of thiocarbonyl (C=S) groups is 1. The van der Waals surface area contributed by atoms with Gasteiger partial charge in [-0.25, -0.2) is 4.79 Å². The Bertz CT molecular complexity index is 581. The third-order valence-corrected chi connectivity index (χ3v) is 3.35. The second-order valence-corrected chi connectivity index (χ2v) is 5.52. The molecule has 120 valence electrons. The van der Waals surface area contributed by atoms with Gasteiger partial charge in [-0.3, -0.25) is 5.43 Å². The fourth-order valence-corrected chi connectivity index (χ4v) is 2.43. The minimum atomic E-state index is -1.05. The van der Waals surface area contributed by atoms with Crippen LogP contribution in [0.15, 0.2) is 17.2 Å². The van der Waals surface area contributed by atoms with Gasteiger partial charge in [0.25, 0.3) is 0 Å². The minimum Gasteiger partial charge on any atom is -0.493 e. The zero-order valence-corrected chi connectivity index (χ0v) is 15.0. The Kier molecular flexibility index (Phi) is 7.88. The Morgan fingerprint density at radius 2 is 2.27 bits per heavy atom. The SMILES string of the molecule is CCNC(=S)N/N=C\c1cc(I)c(OCC(=O)O)c(OC)c1. The van der Waals surface area contributed by atoms with Crippen molar-refractivity contribution in [2.24, 2.45) is 5.10 Å². The monoisotopic (exact) mass is 437 g/mol. The van der Waals surface area contributed by atoms with Crippen molar-refractivity contribution in [3.8, 4) is 11.5 Å². The molecule has 1 aromatic rings. The van der Waals surface area contributed by atoms with Gasteiger partial charge < -0.3 is 19.9 Å². The molecule has 0 unspecified atom stereocenters. The number of carboxylic acids is 1. The number of rotatable bonds is 7. The van der Waals surface area contributed by atoms with Crippen LogP contribution in [0.3, 0.4) is 0 Å². The standard InChI is InChI=1S/C13H16IN3O4S/c1-3-15-13(22)17-16-6-8-4-9(14)12(10(5-8)20-2)21-7-11(18)19/h4-6H,3,7H2,1-2H3,(H,18,19)(H2,15,17,22)/b16-6-. The number of halogens is 1. The quantitative estimate of drug-likeness (QED) is 0.258. The number of methoxy groups -OCH3 is 1. The highest BCUT2D eigenvalue weighted by atomic mass is 127. The van der Waals surface area contributed by atoms with Crippen LogP contribution >= 0.6 is 34.8 Å². The second-order valence-electron chi connectivity index (χ2n) is 3.95. The molecule has 0 atom stereocenters. The first-order chi connectivity index (χ1) is 10.5. The van der Waals surface area contributed by atoms with Crippen molar-refractivity contribution < 1.29 is 19.4 Å². The molecule has 0 aliphatic heterocycles. The number of nitrogens with zero attached hydrogens (tertiary/aromatic N) is 1. The summed E-state index contributed by atoms with van der Waals surface area (Å²) in [7, 11) is 1.48. The third kappa shape index (κ3) is 6.02. The predicted molar refractivity (Wildman–Crippen MR) is 95.8 cm³/mol. The summed E-state index contributed by atoms with van der Waals surface area (Å²) >= 11 is 7.03. The summed E-state index contributed by atoms with van der Waals surface area (Å²) in [6.07, 6.45) is 1.58. The molecule has 0 saturated heterocycles. The third-order valence-electron chi connectivity index (χ3n) is 2.31. The van der Waals surface area contributed by atoms with Gasteiger partial charge in [-0.05, 0) is 59.4 Å². The molecule has 0 fully saturated rings. The Hall–Kier alpha value is -1.62. The Labute approximate surface area is 147 Å². The lowest BCUT2D eigenvalue weighted by Gasteiger charge is -2.12. The van der Waals surface area contributed by atoms with Crippen LogP contribution in [0.5, 0.6) is 11.5 Å². The molecule has 0 saturated carbocycles. The molecular formula is C13H16IN3O4S. The number of hydrogen-bond donors (Lipinski definition) is 3. The largest absolute Gasteiger partial charge is 0.493 e. The Morgan fingerprint density at radius 1 is 1.55 bits per heavy atom. The maximum atomic E-state index is 10.6. The number of hydrogen-bond acceptors (Lipinski definition) is 5. The highest BCUT2D eigenvalue weighted by Gasteiger charge is 2.12. The number of aliphatic carboxylic acids is 1. The van der Waals surface area contributed by atoms with Crippen molar-refractivity contribution in [3.63, 3.8) is 0 Å². The lowest BCUT2D eigenvalue weighted by Crippen LogP contribution is -2.31. The fraction of sp³-hybridized carbons (Fsp3) is 0.308. The minimum absolute atomic E-state index is 0.388. The molecule has 0 radical (unpaired) electrons. The predicted octanol–water partition coefficient (Wildman–Crippen LogP) is 1.58. The number of ether oxygens (including phenoxy) is 2. The first kappa shape index (κ1) is 18.4. The summed E-state index contributed by atoms with van der Waals surface area (Å²) in [5, 5.41) is 16.0. The topological polar surface area (TPSA) is 92.2 Å². The lowest BCUT2D eigenvalue weighted by atomic mass is 10.2. The first-order valence-electron chi connectivity index (χ1n) is 6.27. The van der Waals surface area contributed by atoms with E-state index >= 15 is 0 Å². The van der Waals surface area contributed by atoms with Crippen LogP contribution in [0.4, 0.5) is 0 Å². The average molecular weight is 437 g/mol. The van der Waals surface area contributed by atoms with Gasteiger partial charge in [0, 0.05) is 6.54 Å². The Morgan fingerprint density at radius 3 is 2.86 bits per heavy atom. The second kappa shape index (κ2) is 9.41. The molecule has 0 amide bonds. The molecule has 1 aromatic carbocycles. The first-order valence-corrected chi connectivity index (χ1v) is 7.75. The van der Waals surface area contributed by atoms with E-state index in [0.717, 1.165) is 5.56 Å². The highest BCUT2D eigenvalue weighted by molar-refractivity contribution is 14.1. The van der Waals surface area contributed by atoms with Crippen molar-refractivity contribution in [1.29, 1.82) is 0 Å². The fourth-order valence-electron chi connectivity index (χ4n) is 1.45. The number of nitrogens with one attached hydrogen (secondary N) is 2. The van der Waals surface area contributed by atoms with Crippen LogP contribution in [0, 0.1) is 3.57 Å². The van der Waals surface area contributed by atoms with E-state index in [0.29, 0.717) is 26.7 Å². The van der Waals surface area contributed by atoms with Crippen molar-refractivity contribution in [3.05, 3.63) is 21.3 Å². The van der Waals surface area contributed by atoms with E-state index in [1.807, 2.05) is 29.5 Å². The summed E-state index contributed by atoms with van der Waals surface area (Å²) < 4.78 is 11.2. The van der Waals surface area contributed by atoms with Crippen molar-refractivity contribution >= 4 is 52.1 Å². The van der Waals surface area contributed by atoms with E-state index in [-0.39, 0.29) is 0 Å². The molecule has 22 heavy (non-hydrogen) atoms. The molecule has 0 aliphatic carbocycles. The van der Waals surface area contributed by atoms with Gasteiger partial charge in [-0.2, -0.15) is 5.10 Å². The molecule has 0 spiro atoms. The van der Waals surface area contributed by atoms with Gasteiger partial charge >= 0.3 is 5.97 Å². The zero-order valence-electron chi connectivity index (χ0n) is 12.1. The highest BCUT2D eigenvalue weighted by Crippen LogP contribution is 2.33. The lowest BCUT2D eigenvalue weighted by molar-refractivity contribution is -0.139. The molecule has 0 heterocycles. The van der Waals surface area contributed by atoms with E-state index in [9.17, 15) is 4.79 Å². The number of carboxylic acid groups (broad SMARTS) is 1. The number of hydrazone groups is 1. The van der Waals surface area contributed by atoms with E-state index in [1.54, 1.807) is 18.3 Å². The van der Waals surface area contributed by atoms with Crippen molar-refractivity contribution in [1.82, 2.24) is 10.7 Å². The number of carbonyl (C=O) groups is 1. The molecule has 1 rings (SSSR count). The van der Waals surface area contributed by atoms with E-state index in [2.05, 4.69) is 15.8 Å². The average Bonchev–Trinajstić information content (AvgIpc) is 2.45. The van der Waals surface area contributed by atoms with Crippen LogP contribution in [0.1, 0.15) is 12.5 Å². The molecule has 0 aromatic heterocycles. The van der Waals surface area contributed by atoms with Crippen LogP contribution in [-0.2, 0) is 4.79 Å². The van der Waals surface area contributed by atoms with Crippen LogP contribution in [-0.4, -0.2) is 42.7 Å². The molecule has 0 aliphatic rings. The maximum absolute atomic E-state index is 10.6. The van der Waals surface area contributed by atoms with Crippen LogP contribution < -0.4 is 20.2 Å². The van der Waals surface area contributed by atoms with Gasteiger partial charge in [0.1, 0.15) is 0 Å². The molecule has 9 heteroatoms. The summed E-state index contributed by atoms with van der Waals surface area (Å²) in [6, 6.07) is 3.49. The summed E-state index contributed by atoms with van der Waals surface area (Å²) in [6.45, 7) is 2.21. The molecule has 7 nitrogen and oxygen atoms in total. The molecule has 3 N–H and O–H groups in total. The van der Waals surface area contributed by atoms with Gasteiger partial charge in [0.15, 0.2) is 23.2 Å². The van der Waals surface area contributed by atoms with E-state index in [4.69, 9.17) is 26.8 Å². The smallest absolute Gasteiger partial charge is 0.341 e. The van der Waals surface area contributed by atoms with Gasteiger partial charge in [0.05, 0.1) is 16.9 Å².